The Morgan fingerprint density at radius 2 is 2.00 bits per heavy atom. The molecule has 0 N–H and O–H groups in total. The number of aryl methyl sites for hydroxylation is 2. The molecule has 8 heteroatoms. The quantitative estimate of drug-likeness (QED) is 0.433. The average molecular weight is 425 g/mol. The Labute approximate surface area is 185 Å². The summed E-state index contributed by atoms with van der Waals surface area (Å²) in [5.74, 6) is 0.0933. The van der Waals surface area contributed by atoms with Crippen LogP contribution in [-0.4, -0.2) is 47.2 Å². The van der Waals surface area contributed by atoms with Crippen LogP contribution in [0.4, 0.5) is 0 Å². The summed E-state index contributed by atoms with van der Waals surface area (Å²) in [5, 5.41) is 13.8. The standard InChI is InChI=1S/C24H23N7O/c1-15-18-13-30(28-15)10-5-7-23(32)29(2)14-21-24(31-11-4-3-6-22(31)25-21)20-12-17-16(18)8-9-19(17)26-27-20/h3-4,6,8,11-13H,5,7,9-10,14H2,1-2H3. The molecule has 4 bridgehead atoms. The van der Waals surface area contributed by atoms with E-state index in [1.165, 1.54) is 0 Å². The molecule has 2 aliphatic rings. The predicted molar refractivity (Wildman–Crippen MR) is 120 cm³/mol. The molecule has 0 atom stereocenters. The zero-order valence-electron chi connectivity index (χ0n) is 18.1. The number of pyridine rings is 1. The summed E-state index contributed by atoms with van der Waals surface area (Å²) in [4.78, 5) is 19.4. The first kappa shape index (κ1) is 18.9. The van der Waals surface area contributed by atoms with Crippen molar-refractivity contribution in [1.29, 1.82) is 0 Å². The Morgan fingerprint density at radius 1 is 1.09 bits per heavy atom. The predicted octanol–water partition coefficient (Wildman–Crippen LogP) is 3.04. The van der Waals surface area contributed by atoms with Crippen LogP contribution in [0.1, 0.15) is 41.1 Å². The van der Waals surface area contributed by atoms with E-state index in [2.05, 4.69) is 28.5 Å². The van der Waals surface area contributed by atoms with E-state index in [9.17, 15) is 4.79 Å². The summed E-state index contributed by atoms with van der Waals surface area (Å²) >= 11 is 0. The minimum absolute atomic E-state index is 0.0933. The Morgan fingerprint density at radius 3 is 2.91 bits per heavy atom. The van der Waals surface area contributed by atoms with Crippen LogP contribution in [0, 0.1) is 6.92 Å². The fourth-order valence-electron chi connectivity index (χ4n) is 4.70. The third-order valence-electron chi connectivity index (χ3n) is 6.33. The Hall–Kier alpha value is -3.81. The van der Waals surface area contributed by atoms with Crippen molar-refractivity contribution in [2.24, 2.45) is 0 Å². The number of amides is 1. The summed E-state index contributed by atoms with van der Waals surface area (Å²) in [5.41, 5.74) is 8.59. The van der Waals surface area contributed by atoms with Gasteiger partial charge in [0.25, 0.3) is 0 Å². The largest absolute Gasteiger partial charge is 0.340 e. The topological polar surface area (TPSA) is 81.2 Å². The van der Waals surface area contributed by atoms with Crippen molar-refractivity contribution >= 4 is 17.1 Å². The van der Waals surface area contributed by atoms with Crippen molar-refractivity contribution < 1.29 is 4.79 Å². The van der Waals surface area contributed by atoms with E-state index in [-0.39, 0.29) is 5.91 Å². The van der Waals surface area contributed by atoms with Gasteiger partial charge < -0.3 is 4.90 Å². The number of carbonyl (C=O) groups excluding carboxylic acids is 1. The Balaban J connectivity index is 1.58. The summed E-state index contributed by atoms with van der Waals surface area (Å²) in [6.07, 6.45) is 8.25. The molecule has 1 amide bonds. The second kappa shape index (κ2) is 7.12. The van der Waals surface area contributed by atoms with Crippen LogP contribution in [0.25, 0.3) is 22.6 Å². The lowest BCUT2D eigenvalue weighted by molar-refractivity contribution is -0.130. The fourth-order valence-corrected chi connectivity index (χ4v) is 4.70. The summed E-state index contributed by atoms with van der Waals surface area (Å²) in [6.45, 7) is 3.16. The van der Waals surface area contributed by atoms with Crippen LogP contribution < -0.4 is 0 Å². The highest BCUT2D eigenvalue weighted by Crippen LogP contribution is 2.35. The van der Waals surface area contributed by atoms with Crippen molar-refractivity contribution in [2.45, 2.75) is 39.3 Å². The second-order valence-corrected chi connectivity index (χ2v) is 8.49. The van der Waals surface area contributed by atoms with Crippen LogP contribution in [0.5, 0.6) is 0 Å². The van der Waals surface area contributed by atoms with Crippen molar-refractivity contribution in [3.8, 4) is 11.4 Å². The average Bonchev–Trinajstić information content (AvgIpc) is 3.46. The number of allylic oxidation sites excluding steroid dienone is 1. The molecule has 0 aromatic carbocycles. The van der Waals surface area contributed by atoms with Crippen molar-refractivity contribution in [2.75, 3.05) is 7.05 Å². The summed E-state index contributed by atoms with van der Waals surface area (Å²) in [7, 11) is 1.83. The van der Waals surface area contributed by atoms with Gasteiger partial charge in [-0.1, -0.05) is 12.1 Å². The number of hydrogen-bond donors (Lipinski definition) is 0. The van der Waals surface area contributed by atoms with E-state index in [0.717, 1.165) is 63.7 Å². The van der Waals surface area contributed by atoms with Gasteiger partial charge in [-0.2, -0.15) is 10.2 Å². The molecular weight excluding hydrogens is 402 g/mol. The first-order valence-electron chi connectivity index (χ1n) is 10.9. The van der Waals surface area contributed by atoms with Gasteiger partial charge in [-0.15, -0.1) is 5.10 Å². The van der Waals surface area contributed by atoms with Gasteiger partial charge in [0.05, 0.1) is 29.3 Å². The molecule has 1 aliphatic heterocycles. The molecule has 0 unspecified atom stereocenters. The molecule has 0 radical (unpaired) electrons. The number of aromatic nitrogens is 6. The highest BCUT2D eigenvalue weighted by atomic mass is 16.2. The molecule has 0 saturated carbocycles. The minimum Gasteiger partial charge on any atom is -0.340 e. The Kier molecular flexibility index (Phi) is 4.21. The van der Waals surface area contributed by atoms with Crippen LogP contribution in [0.3, 0.4) is 0 Å². The lowest BCUT2D eigenvalue weighted by atomic mass is 10.0. The molecular formula is C24H23N7O. The molecule has 0 spiro atoms. The smallest absolute Gasteiger partial charge is 0.222 e. The SMILES string of the molecule is Cc1nn2cc1C1=CCc3nnc(cc31)-c1c(nc3ccccn13)CN(C)C(=O)CCC2. The lowest BCUT2D eigenvalue weighted by Gasteiger charge is -2.17. The van der Waals surface area contributed by atoms with Gasteiger partial charge in [-0.05, 0) is 37.1 Å². The summed E-state index contributed by atoms with van der Waals surface area (Å²) < 4.78 is 3.98. The number of imidazole rings is 1. The number of hydrogen-bond acceptors (Lipinski definition) is 5. The zero-order valence-corrected chi connectivity index (χ0v) is 18.1. The molecule has 0 fully saturated rings. The first-order valence-corrected chi connectivity index (χ1v) is 10.9. The lowest BCUT2D eigenvalue weighted by Crippen LogP contribution is -2.26. The molecule has 32 heavy (non-hydrogen) atoms. The molecule has 8 nitrogen and oxygen atoms in total. The third kappa shape index (κ3) is 2.94. The normalized spacial score (nSPS) is 16.0. The number of carbonyl (C=O) groups is 1. The summed E-state index contributed by atoms with van der Waals surface area (Å²) in [6, 6.07) is 8.02. The highest BCUT2D eigenvalue weighted by molar-refractivity contribution is 5.86. The molecule has 6 rings (SSSR count). The molecule has 1 aliphatic carbocycles. The maximum absolute atomic E-state index is 12.8. The molecule has 0 saturated heterocycles. The van der Waals surface area contributed by atoms with Gasteiger partial charge in [0.1, 0.15) is 11.3 Å². The van der Waals surface area contributed by atoms with E-state index in [4.69, 9.17) is 10.1 Å². The van der Waals surface area contributed by atoms with E-state index in [1.54, 1.807) is 4.90 Å². The highest BCUT2D eigenvalue weighted by Gasteiger charge is 2.25. The van der Waals surface area contributed by atoms with Gasteiger partial charge in [0.2, 0.25) is 5.91 Å². The van der Waals surface area contributed by atoms with Gasteiger partial charge in [0.15, 0.2) is 0 Å². The molecule has 4 aromatic heterocycles. The van der Waals surface area contributed by atoms with Crippen molar-refractivity contribution in [3.05, 3.63) is 70.9 Å². The van der Waals surface area contributed by atoms with E-state index < -0.39 is 0 Å². The monoisotopic (exact) mass is 425 g/mol. The van der Waals surface area contributed by atoms with Gasteiger partial charge >= 0.3 is 0 Å². The minimum atomic E-state index is 0.0933. The van der Waals surface area contributed by atoms with Crippen LogP contribution in [-0.2, 0) is 24.3 Å². The molecule has 4 aromatic rings. The Bertz CT molecular complexity index is 1410. The van der Waals surface area contributed by atoms with E-state index in [1.807, 2.05) is 47.4 Å². The number of rotatable bonds is 0. The second-order valence-electron chi connectivity index (χ2n) is 8.49. The maximum atomic E-state index is 12.8. The van der Waals surface area contributed by atoms with Crippen molar-refractivity contribution in [1.82, 2.24) is 34.3 Å². The van der Waals surface area contributed by atoms with Crippen LogP contribution >= 0.6 is 0 Å². The number of fused-ring (bicyclic) bond motifs is 8. The fraction of sp³-hybridized carbons (Fsp3) is 0.292. The van der Waals surface area contributed by atoms with Gasteiger partial charge in [0, 0.05) is 50.0 Å². The van der Waals surface area contributed by atoms with E-state index in [0.29, 0.717) is 19.5 Å². The third-order valence-corrected chi connectivity index (χ3v) is 6.33. The first-order chi connectivity index (χ1) is 15.6. The maximum Gasteiger partial charge on any atom is 0.222 e. The van der Waals surface area contributed by atoms with Crippen molar-refractivity contribution in [3.63, 3.8) is 0 Å². The van der Waals surface area contributed by atoms with Gasteiger partial charge in [-0.3, -0.25) is 13.9 Å². The van der Waals surface area contributed by atoms with Crippen LogP contribution in [0.15, 0.2) is 42.7 Å². The zero-order chi connectivity index (χ0) is 21.8. The van der Waals surface area contributed by atoms with Crippen LogP contribution in [0.2, 0.25) is 0 Å². The van der Waals surface area contributed by atoms with E-state index >= 15 is 0 Å². The molecule has 5 heterocycles. The number of nitrogens with zero attached hydrogens (tertiary/aromatic N) is 7. The molecule has 160 valence electrons. The van der Waals surface area contributed by atoms with Gasteiger partial charge in [-0.25, -0.2) is 4.98 Å².